The number of anilines is 1. The monoisotopic (exact) mass is 343 g/mol. The summed E-state index contributed by atoms with van der Waals surface area (Å²) in [6, 6.07) is 26.4. The summed E-state index contributed by atoms with van der Waals surface area (Å²) >= 11 is 0. The van der Waals surface area contributed by atoms with E-state index in [0.717, 1.165) is 17.0 Å². The summed E-state index contributed by atoms with van der Waals surface area (Å²) in [6.45, 7) is 0.571. The Balaban J connectivity index is 1.78. The molecule has 1 unspecified atom stereocenters. The maximum absolute atomic E-state index is 13.0. The molecule has 0 saturated carbocycles. The number of carbonyl (C=O) groups is 1. The highest BCUT2D eigenvalue weighted by atomic mass is 16.5. The van der Waals surface area contributed by atoms with Gasteiger partial charge in [0.2, 0.25) is 5.91 Å². The molecule has 1 aliphatic heterocycles. The zero-order valence-electron chi connectivity index (χ0n) is 14.8. The zero-order chi connectivity index (χ0) is 17.9. The Bertz CT molecular complexity index is 906. The molecular weight excluding hydrogens is 322 g/mol. The van der Waals surface area contributed by atoms with Gasteiger partial charge < -0.3 is 9.64 Å². The van der Waals surface area contributed by atoms with Crippen molar-refractivity contribution < 1.29 is 9.53 Å². The van der Waals surface area contributed by atoms with Gasteiger partial charge >= 0.3 is 0 Å². The Morgan fingerprint density at radius 2 is 1.65 bits per heavy atom. The third-order valence-corrected chi connectivity index (χ3v) is 4.97. The molecule has 26 heavy (non-hydrogen) atoms. The van der Waals surface area contributed by atoms with Crippen LogP contribution in [-0.2, 0) is 11.3 Å². The summed E-state index contributed by atoms with van der Waals surface area (Å²) < 4.78 is 5.42. The van der Waals surface area contributed by atoms with Crippen LogP contribution in [0.3, 0.4) is 0 Å². The molecule has 3 aromatic rings. The van der Waals surface area contributed by atoms with Gasteiger partial charge in [0, 0.05) is 18.4 Å². The fourth-order valence-electron chi connectivity index (χ4n) is 3.63. The Morgan fingerprint density at radius 3 is 2.35 bits per heavy atom. The highest BCUT2D eigenvalue weighted by Crippen LogP contribution is 2.42. The Labute approximate surface area is 153 Å². The van der Waals surface area contributed by atoms with Crippen molar-refractivity contribution in [3.63, 3.8) is 0 Å². The quantitative estimate of drug-likeness (QED) is 0.683. The van der Waals surface area contributed by atoms with Crippen molar-refractivity contribution >= 4 is 11.6 Å². The molecular formula is C23H21NO2. The second kappa shape index (κ2) is 7.04. The second-order valence-electron chi connectivity index (χ2n) is 6.56. The van der Waals surface area contributed by atoms with Crippen LogP contribution >= 0.6 is 0 Å². The van der Waals surface area contributed by atoms with Crippen molar-refractivity contribution in [2.45, 2.75) is 18.9 Å². The molecule has 1 amide bonds. The van der Waals surface area contributed by atoms with Crippen LogP contribution in [0.25, 0.3) is 0 Å². The van der Waals surface area contributed by atoms with Crippen molar-refractivity contribution in [1.82, 2.24) is 0 Å². The predicted molar refractivity (Wildman–Crippen MR) is 104 cm³/mol. The molecule has 4 rings (SSSR count). The van der Waals surface area contributed by atoms with Gasteiger partial charge in [-0.05, 0) is 22.8 Å². The largest absolute Gasteiger partial charge is 0.497 e. The predicted octanol–water partition coefficient (Wildman–Crippen LogP) is 4.76. The summed E-state index contributed by atoms with van der Waals surface area (Å²) in [6.07, 6.45) is 0.482. The number of methoxy groups -OCH3 is 1. The molecule has 0 aromatic heterocycles. The lowest BCUT2D eigenvalue weighted by Gasteiger charge is -2.34. The van der Waals surface area contributed by atoms with Crippen molar-refractivity contribution in [3.8, 4) is 5.75 Å². The van der Waals surface area contributed by atoms with Crippen LogP contribution < -0.4 is 9.64 Å². The van der Waals surface area contributed by atoms with Crippen molar-refractivity contribution in [1.29, 1.82) is 0 Å². The number of fused-ring (bicyclic) bond motifs is 1. The molecule has 0 fully saturated rings. The molecule has 3 nitrogen and oxygen atoms in total. The van der Waals surface area contributed by atoms with E-state index in [-0.39, 0.29) is 11.8 Å². The maximum atomic E-state index is 13.0. The number of rotatable bonds is 4. The lowest BCUT2D eigenvalue weighted by molar-refractivity contribution is -0.119. The molecule has 0 radical (unpaired) electrons. The molecule has 3 aromatic carbocycles. The highest BCUT2D eigenvalue weighted by molar-refractivity contribution is 5.98. The van der Waals surface area contributed by atoms with Gasteiger partial charge in [0.15, 0.2) is 0 Å². The summed E-state index contributed by atoms with van der Waals surface area (Å²) in [7, 11) is 1.66. The summed E-state index contributed by atoms with van der Waals surface area (Å²) in [4.78, 5) is 14.9. The van der Waals surface area contributed by atoms with Crippen LogP contribution in [0, 0.1) is 0 Å². The van der Waals surface area contributed by atoms with Crippen molar-refractivity contribution in [2.24, 2.45) is 0 Å². The van der Waals surface area contributed by atoms with E-state index >= 15 is 0 Å². The van der Waals surface area contributed by atoms with Crippen LogP contribution in [0.1, 0.15) is 29.0 Å². The molecule has 0 spiro atoms. The van der Waals surface area contributed by atoms with Gasteiger partial charge in [0.05, 0.1) is 19.3 Å². The Hall–Kier alpha value is -3.07. The van der Waals surface area contributed by atoms with E-state index in [1.54, 1.807) is 7.11 Å². The normalized spacial score (nSPS) is 16.3. The van der Waals surface area contributed by atoms with Crippen molar-refractivity contribution in [3.05, 3.63) is 95.6 Å². The van der Waals surface area contributed by atoms with E-state index in [0.29, 0.717) is 13.0 Å². The van der Waals surface area contributed by atoms with Gasteiger partial charge in [-0.3, -0.25) is 4.79 Å². The first kappa shape index (κ1) is 16.4. The first-order valence-corrected chi connectivity index (χ1v) is 8.83. The number of hydrogen-bond acceptors (Lipinski definition) is 2. The number of ether oxygens (including phenoxy) is 1. The third kappa shape index (κ3) is 3.08. The van der Waals surface area contributed by atoms with Crippen LogP contribution in [-0.4, -0.2) is 13.0 Å². The van der Waals surface area contributed by atoms with E-state index in [1.165, 1.54) is 11.1 Å². The summed E-state index contributed by atoms with van der Waals surface area (Å²) in [5, 5.41) is 0. The first-order valence-electron chi connectivity index (χ1n) is 8.83. The first-order chi connectivity index (χ1) is 12.8. The molecule has 1 atom stereocenters. The average molecular weight is 343 g/mol. The molecule has 130 valence electrons. The molecule has 0 bridgehead atoms. The van der Waals surface area contributed by atoms with E-state index in [9.17, 15) is 4.79 Å². The topological polar surface area (TPSA) is 29.5 Å². The van der Waals surface area contributed by atoms with Gasteiger partial charge in [0.1, 0.15) is 5.75 Å². The van der Waals surface area contributed by atoms with Gasteiger partial charge in [-0.2, -0.15) is 0 Å². The zero-order valence-corrected chi connectivity index (χ0v) is 14.8. The van der Waals surface area contributed by atoms with Gasteiger partial charge in [0.25, 0.3) is 0 Å². The second-order valence-corrected chi connectivity index (χ2v) is 6.56. The smallest absolute Gasteiger partial charge is 0.228 e. The third-order valence-electron chi connectivity index (χ3n) is 4.97. The van der Waals surface area contributed by atoms with E-state index in [2.05, 4.69) is 30.3 Å². The van der Waals surface area contributed by atoms with Crippen LogP contribution in [0.15, 0.2) is 78.9 Å². The van der Waals surface area contributed by atoms with E-state index in [1.807, 2.05) is 53.4 Å². The Kier molecular flexibility index (Phi) is 4.44. The van der Waals surface area contributed by atoms with Crippen molar-refractivity contribution in [2.75, 3.05) is 12.0 Å². The van der Waals surface area contributed by atoms with E-state index < -0.39 is 0 Å². The van der Waals surface area contributed by atoms with Gasteiger partial charge in [-0.25, -0.2) is 0 Å². The minimum Gasteiger partial charge on any atom is -0.497 e. The van der Waals surface area contributed by atoms with Crippen LogP contribution in [0.5, 0.6) is 5.75 Å². The fourth-order valence-corrected chi connectivity index (χ4v) is 3.63. The molecule has 0 aliphatic carbocycles. The van der Waals surface area contributed by atoms with Gasteiger partial charge in [-0.1, -0.05) is 66.7 Å². The molecule has 1 heterocycles. The van der Waals surface area contributed by atoms with E-state index in [4.69, 9.17) is 4.74 Å². The number of amides is 1. The number of benzene rings is 3. The average Bonchev–Trinajstić information content (AvgIpc) is 2.71. The summed E-state index contributed by atoms with van der Waals surface area (Å²) in [5.41, 5.74) is 4.41. The van der Waals surface area contributed by atoms with Crippen LogP contribution in [0.2, 0.25) is 0 Å². The highest BCUT2D eigenvalue weighted by Gasteiger charge is 2.32. The number of carbonyl (C=O) groups excluding carboxylic acids is 1. The lowest BCUT2D eigenvalue weighted by atomic mass is 9.83. The standard InChI is InChI=1S/C23H21NO2/c1-26-19-12-13-20-21(18-10-6-3-7-11-18)15-23(25)24(22(20)14-19)16-17-8-4-2-5-9-17/h2-14,21H,15-16H2,1H3. The number of hydrogen-bond donors (Lipinski definition) is 0. The fraction of sp³-hybridized carbons (Fsp3) is 0.174. The number of nitrogens with zero attached hydrogens (tertiary/aromatic N) is 1. The maximum Gasteiger partial charge on any atom is 0.228 e. The minimum absolute atomic E-state index is 0.0802. The molecule has 0 N–H and O–H groups in total. The summed E-state index contributed by atoms with van der Waals surface area (Å²) in [5.74, 6) is 0.989. The van der Waals surface area contributed by atoms with Gasteiger partial charge in [-0.15, -0.1) is 0 Å². The molecule has 3 heteroatoms. The Morgan fingerprint density at radius 1 is 0.962 bits per heavy atom. The molecule has 0 saturated heterocycles. The molecule has 1 aliphatic rings. The van der Waals surface area contributed by atoms with Crippen LogP contribution in [0.4, 0.5) is 5.69 Å². The minimum atomic E-state index is 0.0802. The lowest BCUT2D eigenvalue weighted by Crippen LogP contribution is -2.36. The SMILES string of the molecule is COc1ccc2c(c1)N(Cc1ccccc1)C(=O)CC2c1ccccc1.